The maximum Gasteiger partial charge on any atom is 0.307 e. The number of rotatable bonds is 11. The summed E-state index contributed by atoms with van der Waals surface area (Å²) in [6.07, 6.45) is 8.84. The first-order valence-corrected chi connectivity index (χ1v) is 12.2. The molecule has 2 atom stereocenters. The molecule has 0 amide bonds. The molecule has 4 rings (SSSR count). The van der Waals surface area contributed by atoms with Crippen molar-refractivity contribution in [2.24, 2.45) is 11.8 Å². The van der Waals surface area contributed by atoms with E-state index in [1.54, 1.807) is 24.3 Å². The highest BCUT2D eigenvalue weighted by Gasteiger charge is 2.36. The molecule has 1 aliphatic carbocycles. The van der Waals surface area contributed by atoms with Crippen molar-refractivity contribution >= 4 is 22.6 Å². The van der Waals surface area contributed by atoms with E-state index in [4.69, 9.17) is 14.1 Å². The van der Waals surface area contributed by atoms with Gasteiger partial charge in [0.15, 0.2) is 11.5 Å². The topological polar surface area (TPSA) is 72.6 Å². The van der Waals surface area contributed by atoms with Crippen LogP contribution in [0, 0.1) is 11.8 Å². The van der Waals surface area contributed by atoms with Crippen LogP contribution in [0.15, 0.2) is 72.2 Å². The van der Waals surface area contributed by atoms with E-state index in [0.717, 1.165) is 40.1 Å². The average Bonchev–Trinajstić information content (AvgIpc) is 3.22. The van der Waals surface area contributed by atoms with Crippen LogP contribution >= 0.6 is 0 Å². The third-order valence-electron chi connectivity index (χ3n) is 6.61. The second-order valence-corrected chi connectivity index (χ2v) is 9.65. The summed E-state index contributed by atoms with van der Waals surface area (Å²) in [6.45, 7) is 12.6. The lowest BCUT2D eigenvalue weighted by Crippen LogP contribution is -2.25. The summed E-state index contributed by atoms with van der Waals surface area (Å²) in [5, 5.41) is 9.21. The first kappa shape index (κ1) is 24.5. The summed E-state index contributed by atoms with van der Waals surface area (Å²) in [7, 11) is 0. The number of carboxylic acid groups (broad SMARTS) is 1. The number of aliphatic carboxylic acids is 1. The molecular formula is C30H33NO4. The number of para-hydroxylation sites is 1. The van der Waals surface area contributed by atoms with Crippen LogP contribution in [-0.4, -0.2) is 16.1 Å². The SMILES string of the molecule is C=C/C=C(\C=C)c1cc(COc2ccccc2CC(=O)O)cc2nc(C3CCC3CC(C)C)oc12. The molecule has 1 saturated carbocycles. The number of fused-ring (bicyclic) bond motifs is 1. The molecule has 0 saturated heterocycles. The Morgan fingerprint density at radius 3 is 2.71 bits per heavy atom. The van der Waals surface area contributed by atoms with Gasteiger partial charge in [-0.05, 0) is 60.4 Å². The van der Waals surface area contributed by atoms with Gasteiger partial charge in [-0.1, -0.05) is 63.4 Å². The van der Waals surface area contributed by atoms with Gasteiger partial charge in [0.1, 0.15) is 17.9 Å². The van der Waals surface area contributed by atoms with E-state index in [2.05, 4.69) is 27.0 Å². The van der Waals surface area contributed by atoms with E-state index in [0.29, 0.717) is 29.1 Å². The van der Waals surface area contributed by atoms with Crippen molar-refractivity contribution in [2.45, 2.75) is 52.1 Å². The largest absolute Gasteiger partial charge is 0.489 e. The Hall–Kier alpha value is -3.60. The number of hydrogen-bond donors (Lipinski definition) is 1. The fourth-order valence-corrected chi connectivity index (χ4v) is 4.86. The second-order valence-electron chi connectivity index (χ2n) is 9.65. The minimum atomic E-state index is -0.892. The molecule has 1 fully saturated rings. The molecule has 0 radical (unpaired) electrons. The number of benzene rings is 2. The first-order valence-electron chi connectivity index (χ1n) is 12.2. The molecule has 3 aromatic rings. The lowest BCUT2D eigenvalue weighted by molar-refractivity contribution is -0.136. The number of nitrogens with zero attached hydrogens (tertiary/aromatic N) is 1. The molecule has 1 aliphatic rings. The number of ether oxygens (including phenoxy) is 1. The predicted octanol–water partition coefficient (Wildman–Crippen LogP) is 7.33. The van der Waals surface area contributed by atoms with Crippen molar-refractivity contribution in [1.82, 2.24) is 4.98 Å². The Morgan fingerprint density at radius 1 is 1.26 bits per heavy atom. The van der Waals surface area contributed by atoms with Crippen molar-refractivity contribution in [1.29, 1.82) is 0 Å². The standard InChI is InChI=1S/C30H33NO4/c1-5-9-21(6-2)25-15-20(18-34-27-11-8-7-10-23(27)17-28(32)33)16-26-29(25)35-30(31-26)24-13-12-22(24)14-19(3)4/h5-11,15-16,19,22,24H,1-2,12-14,17-18H2,3-4H3,(H,32,33)/b21-9+. The number of oxazole rings is 1. The number of hydrogen-bond acceptors (Lipinski definition) is 4. The Balaban J connectivity index is 1.68. The van der Waals surface area contributed by atoms with Gasteiger partial charge >= 0.3 is 5.97 Å². The lowest BCUT2D eigenvalue weighted by atomic mass is 9.70. The summed E-state index contributed by atoms with van der Waals surface area (Å²) >= 11 is 0. The maximum atomic E-state index is 11.2. The van der Waals surface area contributed by atoms with Crippen LogP contribution < -0.4 is 4.74 Å². The second kappa shape index (κ2) is 10.8. The van der Waals surface area contributed by atoms with Gasteiger partial charge in [0.2, 0.25) is 0 Å². The van der Waals surface area contributed by atoms with Gasteiger partial charge < -0.3 is 14.3 Å². The smallest absolute Gasteiger partial charge is 0.307 e. The molecule has 35 heavy (non-hydrogen) atoms. The highest BCUT2D eigenvalue weighted by molar-refractivity contribution is 5.91. The van der Waals surface area contributed by atoms with Crippen LogP contribution in [0.3, 0.4) is 0 Å². The number of carbonyl (C=O) groups is 1. The van der Waals surface area contributed by atoms with Gasteiger partial charge in [0.05, 0.1) is 6.42 Å². The van der Waals surface area contributed by atoms with E-state index in [1.165, 1.54) is 12.8 Å². The van der Waals surface area contributed by atoms with Crippen LogP contribution in [0.2, 0.25) is 0 Å². The molecule has 2 unspecified atom stereocenters. The third kappa shape index (κ3) is 5.56. The fourth-order valence-electron chi connectivity index (χ4n) is 4.86. The van der Waals surface area contributed by atoms with Gasteiger partial charge in [0, 0.05) is 17.0 Å². The van der Waals surface area contributed by atoms with Crippen LogP contribution in [0.1, 0.15) is 61.6 Å². The molecule has 1 heterocycles. The Morgan fingerprint density at radius 2 is 2.06 bits per heavy atom. The van der Waals surface area contributed by atoms with E-state index in [9.17, 15) is 9.90 Å². The summed E-state index contributed by atoms with van der Waals surface area (Å²) in [5.74, 6) is 2.10. The van der Waals surface area contributed by atoms with Crippen molar-refractivity contribution in [3.8, 4) is 5.75 Å². The minimum absolute atomic E-state index is 0.0886. The average molecular weight is 472 g/mol. The number of allylic oxidation sites excluding steroid dienone is 4. The maximum absolute atomic E-state index is 11.2. The zero-order valence-corrected chi connectivity index (χ0v) is 20.5. The van der Waals surface area contributed by atoms with Gasteiger partial charge in [0.25, 0.3) is 0 Å². The highest BCUT2D eigenvalue weighted by atomic mass is 16.5. The molecule has 182 valence electrons. The monoisotopic (exact) mass is 471 g/mol. The van der Waals surface area contributed by atoms with E-state index in [1.807, 2.05) is 30.3 Å². The fraction of sp³-hybridized carbons (Fsp3) is 0.333. The zero-order chi connectivity index (χ0) is 24.9. The van der Waals surface area contributed by atoms with Crippen molar-refractivity contribution in [2.75, 3.05) is 0 Å². The molecule has 5 heteroatoms. The Kier molecular flexibility index (Phi) is 7.54. The van der Waals surface area contributed by atoms with Crippen molar-refractivity contribution in [3.63, 3.8) is 0 Å². The summed E-state index contributed by atoms with van der Waals surface area (Å²) < 4.78 is 12.4. The Labute approximate surface area is 206 Å². The molecular weight excluding hydrogens is 438 g/mol. The van der Waals surface area contributed by atoms with E-state index in [-0.39, 0.29) is 13.0 Å². The van der Waals surface area contributed by atoms with Gasteiger partial charge in [-0.2, -0.15) is 0 Å². The van der Waals surface area contributed by atoms with Crippen LogP contribution in [-0.2, 0) is 17.8 Å². The summed E-state index contributed by atoms with van der Waals surface area (Å²) in [6, 6.07) is 11.3. The summed E-state index contributed by atoms with van der Waals surface area (Å²) in [5.41, 5.74) is 4.90. The van der Waals surface area contributed by atoms with Crippen molar-refractivity contribution < 1.29 is 19.1 Å². The van der Waals surface area contributed by atoms with Gasteiger partial charge in [-0.15, -0.1) is 0 Å². The predicted molar refractivity (Wildman–Crippen MR) is 139 cm³/mol. The number of carboxylic acids is 1. The molecule has 0 aliphatic heterocycles. The number of aromatic nitrogens is 1. The van der Waals surface area contributed by atoms with Crippen LogP contribution in [0.4, 0.5) is 0 Å². The Bertz CT molecular complexity index is 1270. The quantitative estimate of drug-likeness (QED) is 0.296. The van der Waals surface area contributed by atoms with E-state index < -0.39 is 5.97 Å². The van der Waals surface area contributed by atoms with Gasteiger partial charge in [-0.3, -0.25) is 4.79 Å². The van der Waals surface area contributed by atoms with Crippen LogP contribution in [0.25, 0.3) is 16.7 Å². The summed E-state index contributed by atoms with van der Waals surface area (Å²) in [4.78, 5) is 16.1. The molecule has 0 bridgehead atoms. The molecule has 0 spiro atoms. The molecule has 1 N–H and O–H groups in total. The third-order valence-corrected chi connectivity index (χ3v) is 6.61. The highest BCUT2D eigenvalue weighted by Crippen LogP contribution is 2.46. The minimum Gasteiger partial charge on any atom is -0.489 e. The normalized spacial score (nSPS) is 17.9. The molecule has 2 aromatic carbocycles. The van der Waals surface area contributed by atoms with Gasteiger partial charge in [-0.25, -0.2) is 4.98 Å². The molecule has 1 aromatic heterocycles. The zero-order valence-electron chi connectivity index (χ0n) is 20.5. The van der Waals surface area contributed by atoms with Crippen LogP contribution in [0.5, 0.6) is 5.75 Å². The van der Waals surface area contributed by atoms with E-state index >= 15 is 0 Å². The van der Waals surface area contributed by atoms with Crippen molar-refractivity contribution in [3.05, 3.63) is 90.4 Å². The lowest BCUT2D eigenvalue weighted by Gasteiger charge is -2.35. The first-order chi connectivity index (χ1) is 16.9. The molecule has 5 nitrogen and oxygen atoms in total.